The normalized spacial score (nSPS) is 12.6. The Balaban J connectivity index is 1.79. The van der Waals surface area contributed by atoms with E-state index in [9.17, 15) is 0 Å². The topological polar surface area (TPSA) is 42.7 Å². The molecule has 1 atom stereocenters. The van der Waals surface area contributed by atoms with Crippen LogP contribution in [0.3, 0.4) is 0 Å². The van der Waals surface area contributed by atoms with Gasteiger partial charge in [-0.15, -0.1) is 0 Å². The summed E-state index contributed by atoms with van der Waals surface area (Å²) in [5.74, 6) is 0. The zero-order valence-electron chi connectivity index (χ0n) is 10.3. The van der Waals surface area contributed by atoms with E-state index in [1.54, 1.807) is 0 Å². The molecule has 2 heterocycles. The van der Waals surface area contributed by atoms with Crippen LogP contribution in [0.15, 0.2) is 36.8 Å². The number of aryl methyl sites for hydroxylation is 1. The van der Waals surface area contributed by atoms with Crippen LogP contribution in [0.2, 0.25) is 0 Å². The molecule has 2 rings (SSSR count). The van der Waals surface area contributed by atoms with Crippen LogP contribution >= 0.6 is 0 Å². The molecule has 0 saturated heterocycles. The molecule has 0 aliphatic heterocycles. The molecule has 0 fully saturated rings. The van der Waals surface area contributed by atoms with Crippen LogP contribution in [0.4, 0.5) is 0 Å². The quantitative estimate of drug-likeness (QED) is 0.850. The van der Waals surface area contributed by atoms with E-state index in [2.05, 4.69) is 22.3 Å². The molecule has 4 heteroatoms. The third-order valence-electron chi connectivity index (χ3n) is 2.75. The van der Waals surface area contributed by atoms with Gasteiger partial charge in [-0.25, -0.2) is 0 Å². The zero-order chi connectivity index (χ0) is 12.1. The fourth-order valence-electron chi connectivity index (χ4n) is 1.77. The van der Waals surface area contributed by atoms with Gasteiger partial charge in [-0.05, 0) is 37.6 Å². The highest BCUT2D eigenvalue weighted by Gasteiger charge is 2.05. The van der Waals surface area contributed by atoms with E-state index < -0.39 is 0 Å². The Morgan fingerprint density at radius 3 is 2.94 bits per heavy atom. The molecule has 0 amide bonds. The highest BCUT2D eigenvalue weighted by molar-refractivity contribution is 5.08. The highest BCUT2D eigenvalue weighted by Crippen LogP contribution is 2.07. The fourth-order valence-corrected chi connectivity index (χ4v) is 1.77. The maximum Gasteiger partial charge on any atom is 0.0570 e. The number of hydrogen-bond acceptors (Lipinski definition) is 3. The summed E-state index contributed by atoms with van der Waals surface area (Å²) in [6.07, 6.45) is 6.78. The summed E-state index contributed by atoms with van der Waals surface area (Å²) in [5.41, 5.74) is 2.34. The lowest BCUT2D eigenvalue weighted by molar-refractivity contribution is 0.564. The van der Waals surface area contributed by atoms with Gasteiger partial charge in [0, 0.05) is 25.5 Å². The molecule has 0 saturated carbocycles. The second-order valence-electron chi connectivity index (χ2n) is 4.20. The molecule has 1 N–H and O–H groups in total. The van der Waals surface area contributed by atoms with E-state index >= 15 is 0 Å². The monoisotopic (exact) mass is 230 g/mol. The maximum atomic E-state index is 4.33. The molecular weight excluding hydrogens is 212 g/mol. The Morgan fingerprint density at radius 1 is 1.41 bits per heavy atom. The molecule has 0 spiro atoms. The van der Waals surface area contributed by atoms with Crippen molar-refractivity contribution in [2.75, 3.05) is 6.54 Å². The molecule has 0 radical (unpaired) electrons. The second-order valence-corrected chi connectivity index (χ2v) is 4.20. The molecule has 90 valence electrons. The van der Waals surface area contributed by atoms with Crippen molar-refractivity contribution in [2.45, 2.75) is 19.4 Å². The largest absolute Gasteiger partial charge is 0.309 e. The SMILES string of the molecule is C[C@@H](NCCc1cnn(C)c1)c1ccccn1. The zero-order valence-corrected chi connectivity index (χ0v) is 10.3. The van der Waals surface area contributed by atoms with E-state index in [-0.39, 0.29) is 6.04 Å². The van der Waals surface area contributed by atoms with Crippen molar-refractivity contribution < 1.29 is 0 Å². The lowest BCUT2D eigenvalue weighted by Crippen LogP contribution is -2.21. The lowest BCUT2D eigenvalue weighted by atomic mass is 10.2. The fraction of sp³-hybridized carbons (Fsp3) is 0.385. The number of nitrogens with zero attached hydrogens (tertiary/aromatic N) is 3. The molecule has 2 aromatic rings. The Morgan fingerprint density at radius 2 is 2.29 bits per heavy atom. The Labute approximate surface area is 102 Å². The van der Waals surface area contributed by atoms with Gasteiger partial charge in [-0.1, -0.05) is 6.07 Å². The van der Waals surface area contributed by atoms with Gasteiger partial charge in [0.2, 0.25) is 0 Å². The van der Waals surface area contributed by atoms with Gasteiger partial charge in [-0.2, -0.15) is 5.10 Å². The first kappa shape index (κ1) is 11.8. The molecule has 0 aliphatic carbocycles. The van der Waals surface area contributed by atoms with E-state index in [1.807, 2.05) is 48.5 Å². The number of pyridine rings is 1. The minimum absolute atomic E-state index is 0.285. The van der Waals surface area contributed by atoms with Crippen LogP contribution in [-0.4, -0.2) is 21.3 Å². The van der Waals surface area contributed by atoms with Crippen molar-refractivity contribution in [1.29, 1.82) is 0 Å². The lowest BCUT2D eigenvalue weighted by Gasteiger charge is -2.12. The first-order chi connectivity index (χ1) is 8.25. The summed E-state index contributed by atoms with van der Waals surface area (Å²) in [6.45, 7) is 3.06. The minimum atomic E-state index is 0.285. The summed E-state index contributed by atoms with van der Waals surface area (Å²) in [6, 6.07) is 6.28. The average molecular weight is 230 g/mol. The van der Waals surface area contributed by atoms with Crippen LogP contribution in [0.5, 0.6) is 0 Å². The summed E-state index contributed by atoms with van der Waals surface area (Å²) in [7, 11) is 1.94. The van der Waals surface area contributed by atoms with Crippen molar-refractivity contribution >= 4 is 0 Å². The van der Waals surface area contributed by atoms with Crippen molar-refractivity contribution in [3.05, 3.63) is 48.0 Å². The van der Waals surface area contributed by atoms with Gasteiger partial charge in [0.1, 0.15) is 0 Å². The van der Waals surface area contributed by atoms with Gasteiger partial charge in [0.15, 0.2) is 0 Å². The van der Waals surface area contributed by atoms with Crippen molar-refractivity contribution in [3.8, 4) is 0 Å². The van der Waals surface area contributed by atoms with Crippen LogP contribution in [0.25, 0.3) is 0 Å². The average Bonchev–Trinajstić information content (AvgIpc) is 2.76. The van der Waals surface area contributed by atoms with Gasteiger partial charge in [0.25, 0.3) is 0 Å². The predicted molar refractivity (Wildman–Crippen MR) is 67.6 cm³/mol. The number of nitrogens with one attached hydrogen (secondary N) is 1. The minimum Gasteiger partial charge on any atom is -0.309 e. The van der Waals surface area contributed by atoms with Crippen LogP contribution in [0, 0.1) is 0 Å². The molecule has 0 unspecified atom stereocenters. The van der Waals surface area contributed by atoms with Crippen molar-refractivity contribution in [2.24, 2.45) is 7.05 Å². The molecular formula is C13H18N4. The van der Waals surface area contributed by atoms with Crippen LogP contribution in [-0.2, 0) is 13.5 Å². The van der Waals surface area contributed by atoms with Gasteiger partial charge < -0.3 is 5.32 Å². The van der Waals surface area contributed by atoms with E-state index in [0.717, 1.165) is 18.7 Å². The Hall–Kier alpha value is -1.68. The Bertz CT molecular complexity index is 449. The summed E-state index contributed by atoms with van der Waals surface area (Å²) >= 11 is 0. The predicted octanol–water partition coefficient (Wildman–Crippen LogP) is 1.71. The molecule has 0 aromatic carbocycles. The summed E-state index contributed by atoms with van der Waals surface area (Å²) in [4.78, 5) is 4.33. The molecule has 4 nitrogen and oxygen atoms in total. The number of hydrogen-bond donors (Lipinski definition) is 1. The third-order valence-corrected chi connectivity index (χ3v) is 2.75. The summed E-state index contributed by atoms with van der Waals surface area (Å²) < 4.78 is 1.83. The first-order valence-electron chi connectivity index (χ1n) is 5.87. The molecule has 0 aliphatic rings. The van der Waals surface area contributed by atoms with E-state index in [0.29, 0.717) is 0 Å². The smallest absolute Gasteiger partial charge is 0.0570 e. The molecule has 0 bridgehead atoms. The van der Waals surface area contributed by atoms with Crippen LogP contribution in [0.1, 0.15) is 24.2 Å². The highest BCUT2D eigenvalue weighted by atomic mass is 15.2. The standard InChI is InChI=1S/C13H18N4/c1-11(13-5-3-4-7-15-13)14-8-6-12-9-16-17(2)10-12/h3-5,7,9-11,14H,6,8H2,1-2H3/t11-/m1/s1. The maximum absolute atomic E-state index is 4.33. The second kappa shape index (κ2) is 5.59. The first-order valence-corrected chi connectivity index (χ1v) is 5.87. The van der Waals surface area contributed by atoms with Gasteiger partial charge >= 0.3 is 0 Å². The van der Waals surface area contributed by atoms with E-state index in [4.69, 9.17) is 0 Å². The molecule has 2 aromatic heterocycles. The Kier molecular flexibility index (Phi) is 3.88. The third kappa shape index (κ3) is 3.39. The van der Waals surface area contributed by atoms with Gasteiger partial charge in [-0.3, -0.25) is 9.67 Å². The number of rotatable bonds is 5. The molecule has 17 heavy (non-hydrogen) atoms. The van der Waals surface area contributed by atoms with E-state index in [1.165, 1.54) is 5.56 Å². The van der Waals surface area contributed by atoms with Crippen molar-refractivity contribution in [1.82, 2.24) is 20.1 Å². The summed E-state index contributed by atoms with van der Waals surface area (Å²) in [5, 5.41) is 7.61. The number of aromatic nitrogens is 3. The van der Waals surface area contributed by atoms with Gasteiger partial charge in [0.05, 0.1) is 11.9 Å². The van der Waals surface area contributed by atoms with Crippen LogP contribution < -0.4 is 5.32 Å². The van der Waals surface area contributed by atoms with Crippen molar-refractivity contribution in [3.63, 3.8) is 0 Å².